The van der Waals surface area contributed by atoms with Crippen LogP contribution in [0.5, 0.6) is 11.5 Å². The van der Waals surface area contributed by atoms with Gasteiger partial charge in [0, 0.05) is 12.6 Å². The van der Waals surface area contributed by atoms with Gasteiger partial charge in [0.05, 0.1) is 14.2 Å². The normalized spacial score (nSPS) is 10.5. The lowest BCUT2D eigenvalue weighted by atomic mass is 10.1. The van der Waals surface area contributed by atoms with E-state index in [0.717, 1.165) is 18.4 Å². The minimum atomic E-state index is -0.589. The highest BCUT2D eigenvalue weighted by Gasteiger charge is 2.06. The van der Waals surface area contributed by atoms with Crippen LogP contribution >= 0.6 is 0 Å². The van der Waals surface area contributed by atoms with E-state index in [1.807, 2.05) is 30.3 Å². The van der Waals surface area contributed by atoms with Crippen LogP contribution in [-0.4, -0.2) is 39.2 Å². The van der Waals surface area contributed by atoms with E-state index in [2.05, 4.69) is 5.32 Å². The van der Waals surface area contributed by atoms with Crippen LogP contribution in [-0.2, 0) is 20.7 Å². The lowest BCUT2D eigenvalue weighted by Gasteiger charge is -2.07. The predicted octanol–water partition coefficient (Wildman–Crippen LogP) is 3.01. The van der Waals surface area contributed by atoms with E-state index in [1.165, 1.54) is 18.7 Å². The second-order valence-corrected chi connectivity index (χ2v) is 5.99. The third kappa shape index (κ3) is 7.15. The Labute approximate surface area is 165 Å². The Morgan fingerprint density at radius 2 is 1.75 bits per heavy atom. The minimum absolute atomic E-state index is 0.305. The number of carbonyl (C=O) groups is 2. The summed E-state index contributed by atoms with van der Waals surface area (Å²) in [4.78, 5) is 23.5. The second-order valence-electron chi connectivity index (χ2n) is 5.99. The molecule has 0 unspecified atom stereocenters. The van der Waals surface area contributed by atoms with E-state index >= 15 is 0 Å². The number of esters is 1. The van der Waals surface area contributed by atoms with Gasteiger partial charge in [0.1, 0.15) is 0 Å². The fourth-order valence-electron chi connectivity index (χ4n) is 2.52. The van der Waals surface area contributed by atoms with E-state index in [0.29, 0.717) is 18.0 Å². The van der Waals surface area contributed by atoms with Crippen LogP contribution < -0.4 is 14.8 Å². The number of rotatable bonds is 10. The molecule has 1 amide bonds. The first-order chi connectivity index (χ1) is 13.6. The monoisotopic (exact) mass is 383 g/mol. The summed E-state index contributed by atoms with van der Waals surface area (Å²) >= 11 is 0. The summed E-state index contributed by atoms with van der Waals surface area (Å²) in [5, 5.41) is 2.74. The quantitative estimate of drug-likeness (QED) is 0.388. The highest BCUT2D eigenvalue weighted by molar-refractivity contribution is 5.89. The van der Waals surface area contributed by atoms with Gasteiger partial charge in [-0.15, -0.1) is 0 Å². The van der Waals surface area contributed by atoms with Gasteiger partial charge in [-0.05, 0) is 42.2 Å². The van der Waals surface area contributed by atoms with Crippen molar-refractivity contribution in [2.75, 3.05) is 27.4 Å². The van der Waals surface area contributed by atoms with Crippen molar-refractivity contribution in [1.82, 2.24) is 5.32 Å². The van der Waals surface area contributed by atoms with Crippen LogP contribution in [0.1, 0.15) is 17.5 Å². The number of hydrogen-bond acceptors (Lipinski definition) is 5. The molecule has 6 nitrogen and oxygen atoms in total. The zero-order chi connectivity index (χ0) is 20.2. The van der Waals surface area contributed by atoms with Crippen LogP contribution in [0, 0.1) is 0 Å². The molecule has 0 radical (unpaired) electrons. The Bertz CT molecular complexity index is 802. The SMILES string of the molecule is COc1ccc(/C=C/C(=O)OCC(=O)NCCCc2ccccc2)cc1OC. The summed E-state index contributed by atoms with van der Waals surface area (Å²) in [7, 11) is 3.09. The van der Waals surface area contributed by atoms with Gasteiger partial charge in [-0.25, -0.2) is 4.79 Å². The molecule has 0 bridgehead atoms. The molecule has 0 spiro atoms. The highest BCUT2D eigenvalue weighted by Crippen LogP contribution is 2.27. The molecule has 2 rings (SSSR count). The summed E-state index contributed by atoms with van der Waals surface area (Å²) in [5.74, 6) is 0.259. The number of carbonyl (C=O) groups excluding carboxylic acids is 2. The van der Waals surface area contributed by atoms with Gasteiger partial charge >= 0.3 is 5.97 Å². The van der Waals surface area contributed by atoms with Crippen molar-refractivity contribution in [2.24, 2.45) is 0 Å². The fraction of sp³-hybridized carbons (Fsp3) is 0.273. The zero-order valence-corrected chi connectivity index (χ0v) is 16.1. The van der Waals surface area contributed by atoms with Gasteiger partial charge in [0.25, 0.3) is 5.91 Å². The predicted molar refractivity (Wildman–Crippen MR) is 107 cm³/mol. The lowest BCUT2D eigenvalue weighted by molar-refractivity contribution is -0.143. The average Bonchev–Trinajstić information content (AvgIpc) is 2.74. The molecule has 0 saturated carbocycles. The standard InChI is InChI=1S/C22H25NO5/c1-26-19-12-10-18(15-20(19)27-2)11-13-22(25)28-16-21(24)23-14-6-9-17-7-4-3-5-8-17/h3-5,7-8,10-13,15H,6,9,14,16H2,1-2H3,(H,23,24)/b13-11+. The largest absolute Gasteiger partial charge is 0.493 e. The molecule has 28 heavy (non-hydrogen) atoms. The van der Waals surface area contributed by atoms with Gasteiger partial charge in [-0.1, -0.05) is 36.4 Å². The molecular formula is C22H25NO5. The molecule has 0 aliphatic rings. The van der Waals surface area contributed by atoms with E-state index < -0.39 is 5.97 Å². The van der Waals surface area contributed by atoms with E-state index in [-0.39, 0.29) is 12.5 Å². The summed E-state index contributed by atoms with van der Waals surface area (Å²) in [5.41, 5.74) is 1.98. The summed E-state index contributed by atoms with van der Waals surface area (Å²) < 4.78 is 15.3. The van der Waals surface area contributed by atoms with Gasteiger partial charge in [-0.2, -0.15) is 0 Å². The zero-order valence-electron chi connectivity index (χ0n) is 16.1. The Kier molecular flexibility index (Phi) is 8.59. The molecule has 1 N–H and O–H groups in total. The minimum Gasteiger partial charge on any atom is -0.493 e. The highest BCUT2D eigenvalue weighted by atomic mass is 16.5. The van der Waals surface area contributed by atoms with Crippen molar-refractivity contribution in [3.8, 4) is 11.5 Å². The van der Waals surface area contributed by atoms with Crippen LogP contribution in [0.15, 0.2) is 54.6 Å². The first kappa shape index (κ1) is 21.0. The van der Waals surface area contributed by atoms with Gasteiger partial charge in [-0.3, -0.25) is 4.79 Å². The van der Waals surface area contributed by atoms with Crippen LogP contribution in [0.4, 0.5) is 0 Å². The lowest BCUT2D eigenvalue weighted by Crippen LogP contribution is -2.29. The Morgan fingerprint density at radius 3 is 2.46 bits per heavy atom. The third-order valence-corrected chi connectivity index (χ3v) is 3.97. The summed E-state index contributed by atoms with van der Waals surface area (Å²) in [6, 6.07) is 15.3. The van der Waals surface area contributed by atoms with Crippen molar-refractivity contribution < 1.29 is 23.8 Å². The van der Waals surface area contributed by atoms with E-state index in [1.54, 1.807) is 31.4 Å². The molecule has 2 aromatic rings. The number of hydrogen-bond donors (Lipinski definition) is 1. The first-order valence-electron chi connectivity index (χ1n) is 9.00. The smallest absolute Gasteiger partial charge is 0.331 e. The molecule has 0 fully saturated rings. The van der Waals surface area contributed by atoms with Crippen molar-refractivity contribution >= 4 is 18.0 Å². The molecule has 0 aromatic heterocycles. The van der Waals surface area contributed by atoms with Crippen molar-refractivity contribution in [2.45, 2.75) is 12.8 Å². The number of ether oxygens (including phenoxy) is 3. The summed E-state index contributed by atoms with van der Waals surface area (Å²) in [6.45, 7) is 0.229. The number of methoxy groups -OCH3 is 2. The Balaban J connectivity index is 1.68. The van der Waals surface area contributed by atoms with Gasteiger partial charge in [0.2, 0.25) is 0 Å². The first-order valence-corrected chi connectivity index (χ1v) is 9.00. The molecule has 0 aliphatic carbocycles. The maximum absolute atomic E-state index is 11.8. The maximum Gasteiger partial charge on any atom is 0.331 e. The van der Waals surface area contributed by atoms with Gasteiger partial charge in [0.15, 0.2) is 18.1 Å². The molecule has 6 heteroatoms. The number of nitrogens with one attached hydrogen (secondary N) is 1. The van der Waals surface area contributed by atoms with E-state index in [9.17, 15) is 9.59 Å². The molecular weight excluding hydrogens is 358 g/mol. The maximum atomic E-state index is 11.8. The van der Waals surface area contributed by atoms with Crippen LogP contribution in [0.3, 0.4) is 0 Å². The molecule has 2 aromatic carbocycles. The van der Waals surface area contributed by atoms with E-state index in [4.69, 9.17) is 14.2 Å². The number of aryl methyl sites for hydroxylation is 1. The second kappa shape index (κ2) is 11.4. The Hall–Kier alpha value is -3.28. The van der Waals surface area contributed by atoms with Crippen molar-refractivity contribution in [3.05, 3.63) is 65.7 Å². The molecule has 0 saturated heterocycles. The average molecular weight is 383 g/mol. The van der Waals surface area contributed by atoms with Gasteiger partial charge < -0.3 is 19.5 Å². The Morgan fingerprint density at radius 1 is 1.00 bits per heavy atom. The van der Waals surface area contributed by atoms with Crippen LogP contribution in [0.2, 0.25) is 0 Å². The molecule has 0 heterocycles. The number of benzene rings is 2. The van der Waals surface area contributed by atoms with Crippen molar-refractivity contribution in [1.29, 1.82) is 0 Å². The fourth-order valence-corrected chi connectivity index (χ4v) is 2.52. The molecule has 148 valence electrons. The van der Waals surface area contributed by atoms with Crippen LogP contribution in [0.25, 0.3) is 6.08 Å². The summed E-state index contributed by atoms with van der Waals surface area (Å²) in [6.07, 6.45) is 4.56. The number of amides is 1. The van der Waals surface area contributed by atoms with Crippen molar-refractivity contribution in [3.63, 3.8) is 0 Å². The topological polar surface area (TPSA) is 73.9 Å². The molecule has 0 aliphatic heterocycles. The molecule has 0 atom stereocenters. The third-order valence-electron chi connectivity index (χ3n) is 3.97.